The van der Waals surface area contributed by atoms with Gasteiger partial charge in [0.15, 0.2) is 0 Å². The van der Waals surface area contributed by atoms with E-state index in [0.717, 1.165) is 18.8 Å². The minimum Gasteiger partial charge on any atom is -0.329 e. The average Bonchev–Trinajstić information content (AvgIpc) is 2.88. The summed E-state index contributed by atoms with van der Waals surface area (Å²) in [4.78, 5) is 2.35. The van der Waals surface area contributed by atoms with Gasteiger partial charge in [-0.05, 0) is 19.9 Å². The monoisotopic (exact) mass is 223 g/mol. The van der Waals surface area contributed by atoms with Crippen LogP contribution in [0.2, 0.25) is 0 Å². The van der Waals surface area contributed by atoms with Crippen LogP contribution in [0.5, 0.6) is 0 Å². The molecule has 0 aromatic carbocycles. The van der Waals surface area contributed by atoms with Gasteiger partial charge in [0.2, 0.25) is 0 Å². The average molecular weight is 223 g/mol. The van der Waals surface area contributed by atoms with Gasteiger partial charge in [-0.15, -0.1) is 5.10 Å². The second kappa shape index (κ2) is 4.51. The smallest absolute Gasteiger partial charge is 0.0967 e. The fourth-order valence-corrected chi connectivity index (χ4v) is 2.65. The summed E-state index contributed by atoms with van der Waals surface area (Å²) < 4.78 is 1.74. The Morgan fingerprint density at radius 3 is 2.69 bits per heavy atom. The Balaban J connectivity index is 2.03. The van der Waals surface area contributed by atoms with Crippen molar-refractivity contribution < 1.29 is 0 Å². The zero-order chi connectivity index (χ0) is 11.6. The van der Waals surface area contributed by atoms with E-state index in [-0.39, 0.29) is 5.54 Å². The van der Waals surface area contributed by atoms with Crippen molar-refractivity contribution in [2.45, 2.75) is 37.8 Å². The number of aryl methyl sites for hydroxylation is 1. The highest BCUT2D eigenvalue weighted by atomic mass is 15.4. The zero-order valence-electron chi connectivity index (χ0n) is 10.2. The Morgan fingerprint density at radius 2 is 2.19 bits per heavy atom. The fourth-order valence-electron chi connectivity index (χ4n) is 2.65. The van der Waals surface area contributed by atoms with Gasteiger partial charge < -0.3 is 5.73 Å². The third-order valence-electron chi connectivity index (χ3n) is 3.77. The number of hydrogen-bond acceptors (Lipinski definition) is 4. The van der Waals surface area contributed by atoms with Crippen molar-refractivity contribution in [3.63, 3.8) is 0 Å². The van der Waals surface area contributed by atoms with Gasteiger partial charge in [0, 0.05) is 31.9 Å². The molecule has 0 radical (unpaired) electrons. The molecule has 0 atom stereocenters. The SMILES string of the molecule is CN(Cc1cn(C)nn1)C1(CN)CCCC1. The second-order valence-electron chi connectivity index (χ2n) is 4.88. The van der Waals surface area contributed by atoms with Gasteiger partial charge in [0.1, 0.15) is 0 Å². The van der Waals surface area contributed by atoms with Crippen LogP contribution in [-0.2, 0) is 13.6 Å². The van der Waals surface area contributed by atoms with Crippen molar-refractivity contribution in [3.05, 3.63) is 11.9 Å². The topological polar surface area (TPSA) is 60.0 Å². The Hall–Kier alpha value is -0.940. The third-order valence-corrected chi connectivity index (χ3v) is 3.77. The van der Waals surface area contributed by atoms with Crippen LogP contribution in [-0.4, -0.2) is 39.0 Å². The molecule has 0 spiro atoms. The predicted octanol–water partition coefficient (Wildman–Crippen LogP) is 0.518. The van der Waals surface area contributed by atoms with E-state index in [1.54, 1.807) is 4.68 Å². The first-order chi connectivity index (χ1) is 7.66. The predicted molar refractivity (Wildman–Crippen MR) is 62.7 cm³/mol. The van der Waals surface area contributed by atoms with Crippen LogP contribution < -0.4 is 5.73 Å². The summed E-state index contributed by atoms with van der Waals surface area (Å²) in [6, 6.07) is 0. The Labute approximate surface area is 96.6 Å². The first-order valence-corrected chi connectivity index (χ1v) is 5.93. The number of likely N-dealkylation sites (N-methyl/N-ethyl adjacent to an activating group) is 1. The molecule has 90 valence electrons. The van der Waals surface area contributed by atoms with Crippen LogP contribution in [0.3, 0.4) is 0 Å². The van der Waals surface area contributed by atoms with E-state index >= 15 is 0 Å². The van der Waals surface area contributed by atoms with Gasteiger partial charge in [-0.3, -0.25) is 9.58 Å². The van der Waals surface area contributed by atoms with Crippen LogP contribution >= 0.6 is 0 Å². The molecular weight excluding hydrogens is 202 g/mol. The van der Waals surface area contributed by atoms with Crippen LogP contribution in [0.4, 0.5) is 0 Å². The summed E-state index contributed by atoms with van der Waals surface area (Å²) in [7, 11) is 4.04. The summed E-state index contributed by atoms with van der Waals surface area (Å²) in [5.74, 6) is 0. The number of aromatic nitrogens is 3. The molecular formula is C11H21N5. The van der Waals surface area contributed by atoms with Crippen molar-refractivity contribution in [2.75, 3.05) is 13.6 Å². The summed E-state index contributed by atoms with van der Waals surface area (Å²) in [5, 5.41) is 8.08. The Kier molecular flexibility index (Phi) is 3.25. The molecule has 0 unspecified atom stereocenters. The largest absolute Gasteiger partial charge is 0.329 e. The Morgan fingerprint density at radius 1 is 1.50 bits per heavy atom. The molecule has 0 saturated heterocycles. The fraction of sp³-hybridized carbons (Fsp3) is 0.818. The lowest BCUT2D eigenvalue weighted by atomic mass is 9.95. The molecule has 1 aromatic heterocycles. The second-order valence-corrected chi connectivity index (χ2v) is 4.88. The van der Waals surface area contributed by atoms with E-state index in [1.807, 2.05) is 13.2 Å². The van der Waals surface area contributed by atoms with Gasteiger partial charge >= 0.3 is 0 Å². The van der Waals surface area contributed by atoms with Gasteiger partial charge in [0.25, 0.3) is 0 Å². The van der Waals surface area contributed by atoms with Gasteiger partial charge in [0.05, 0.1) is 5.69 Å². The van der Waals surface area contributed by atoms with E-state index < -0.39 is 0 Å². The van der Waals surface area contributed by atoms with E-state index in [1.165, 1.54) is 25.7 Å². The highest BCUT2D eigenvalue weighted by Gasteiger charge is 2.36. The molecule has 5 nitrogen and oxygen atoms in total. The molecule has 2 rings (SSSR count). The number of nitrogens with zero attached hydrogens (tertiary/aromatic N) is 4. The standard InChI is InChI=1S/C11H21N5/c1-15(7-10-8-16(2)14-13-10)11(9-12)5-3-4-6-11/h8H,3-7,9,12H2,1-2H3. The third kappa shape index (κ3) is 2.10. The summed E-state index contributed by atoms with van der Waals surface area (Å²) >= 11 is 0. The lowest BCUT2D eigenvalue weighted by Gasteiger charge is -2.37. The highest BCUT2D eigenvalue weighted by Crippen LogP contribution is 2.34. The summed E-state index contributed by atoms with van der Waals surface area (Å²) in [6.45, 7) is 1.58. The molecule has 1 heterocycles. The number of nitrogens with two attached hydrogens (primary N) is 1. The first kappa shape index (κ1) is 11.5. The maximum Gasteiger partial charge on any atom is 0.0967 e. The van der Waals surface area contributed by atoms with Crippen molar-refractivity contribution in [2.24, 2.45) is 12.8 Å². The maximum absolute atomic E-state index is 5.95. The molecule has 5 heteroatoms. The van der Waals surface area contributed by atoms with Crippen LogP contribution in [0.25, 0.3) is 0 Å². The molecule has 2 N–H and O–H groups in total. The molecule has 0 aliphatic heterocycles. The van der Waals surface area contributed by atoms with Crippen LogP contribution in [0.1, 0.15) is 31.4 Å². The highest BCUT2D eigenvalue weighted by molar-refractivity contribution is 4.99. The molecule has 1 fully saturated rings. The van der Waals surface area contributed by atoms with Crippen LogP contribution in [0.15, 0.2) is 6.20 Å². The van der Waals surface area contributed by atoms with E-state index in [2.05, 4.69) is 22.3 Å². The molecule has 1 aliphatic carbocycles. The van der Waals surface area contributed by atoms with Crippen molar-refractivity contribution in [3.8, 4) is 0 Å². The maximum atomic E-state index is 5.95. The lowest BCUT2D eigenvalue weighted by molar-refractivity contribution is 0.122. The van der Waals surface area contributed by atoms with Crippen LogP contribution in [0, 0.1) is 0 Å². The lowest BCUT2D eigenvalue weighted by Crippen LogP contribution is -2.49. The van der Waals surface area contributed by atoms with E-state index in [0.29, 0.717) is 0 Å². The van der Waals surface area contributed by atoms with Crippen molar-refractivity contribution in [1.82, 2.24) is 19.9 Å². The Bertz CT molecular complexity index is 340. The minimum atomic E-state index is 0.192. The molecule has 1 aromatic rings. The summed E-state index contributed by atoms with van der Waals surface area (Å²) in [5.41, 5.74) is 7.16. The number of rotatable bonds is 4. The summed E-state index contributed by atoms with van der Waals surface area (Å²) in [6.07, 6.45) is 6.97. The first-order valence-electron chi connectivity index (χ1n) is 5.93. The van der Waals surface area contributed by atoms with E-state index in [4.69, 9.17) is 5.73 Å². The molecule has 16 heavy (non-hydrogen) atoms. The van der Waals surface area contributed by atoms with E-state index in [9.17, 15) is 0 Å². The zero-order valence-corrected chi connectivity index (χ0v) is 10.2. The van der Waals surface area contributed by atoms with Gasteiger partial charge in [-0.2, -0.15) is 0 Å². The van der Waals surface area contributed by atoms with Crippen molar-refractivity contribution in [1.29, 1.82) is 0 Å². The minimum absolute atomic E-state index is 0.192. The molecule has 1 saturated carbocycles. The molecule has 0 amide bonds. The molecule has 1 aliphatic rings. The van der Waals surface area contributed by atoms with Gasteiger partial charge in [-0.1, -0.05) is 18.1 Å². The normalized spacial score (nSPS) is 19.5. The quantitative estimate of drug-likeness (QED) is 0.808. The van der Waals surface area contributed by atoms with Gasteiger partial charge in [-0.25, -0.2) is 0 Å². The number of hydrogen-bond donors (Lipinski definition) is 1. The molecule has 0 bridgehead atoms. The van der Waals surface area contributed by atoms with Crippen molar-refractivity contribution >= 4 is 0 Å².